The number of allylic oxidation sites excluding steroid dienone is 1. The number of methoxy groups -OCH3 is 1. The van der Waals surface area contributed by atoms with Crippen molar-refractivity contribution in [3.63, 3.8) is 0 Å². The Bertz CT molecular complexity index is 210. The predicted octanol–water partition coefficient (Wildman–Crippen LogP) is 2.60. The average molecular weight is 196 g/mol. The lowest BCUT2D eigenvalue weighted by molar-refractivity contribution is -0.0641. The van der Waals surface area contributed by atoms with Gasteiger partial charge in [0, 0.05) is 13.0 Å². The molecule has 0 heterocycles. The van der Waals surface area contributed by atoms with Gasteiger partial charge in [0.2, 0.25) is 0 Å². The molecule has 0 aromatic rings. The smallest absolute Gasteiger partial charge is 0.148 e. The van der Waals surface area contributed by atoms with Crippen LogP contribution in [0.3, 0.4) is 0 Å². The van der Waals surface area contributed by atoms with Crippen molar-refractivity contribution in [2.75, 3.05) is 13.9 Å². The molecule has 0 N–H and O–H groups in total. The molecule has 0 aliphatic rings. The molecule has 0 saturated carbocycles. The van der Waals surface area contributed by atoms with E-state index in [-0.39, 0.29) is 6.10 Å². The van der Waals surface area contributed by atoms with Crippen molar-refractivity contribution in [2.45, 2.75) is 33.3 Å². The summed E-state index contributed by atoms with van der Waals surface area (Å²) in [5.41, 5.74) is 0. The van der Waals surface area contributed by atoms with Gasteiger partial charge in [-0.2, -0.15) is 0 Å². The van der Waals surface area contributed by atoms with Crippen LogP contribution in [0.1, 0.15) is 27.2 Å². The van der Waals surface area contributed by atoms with E-state index in [2.05, 4.69) is 24.8 Å². The van der Waals surface area contributed by atoms with Crippen molar-refractivity contribution >= 4 is 0 Å². The highest BCUT2D eigenvalue weighted by Crippen LogP contribution is 2.13. The summed E-state index contributed by atoms with van der Waals surface area (Å²) in [5, 5.41) is 0. The van der Waals surface area contributed by atoms with Gasteiger partial charge in [-0.25, -0.2) is 0 Å². The molecule has 0 aromatic heterocycles. The van der Waals surface area contributed by atoms with E-state index in [1.54, 1.807) is 7.11 Å². The lowest BCUT2D eigenvalue weighted by atomic mass is 9.99. The molecule has 0 aliphatic heterocycles. The molecule has 2 nitrogen and oxygen atoms in total. The van der Waals surface area contributed by atoms with Gasteiger partial charge >= 0.3 is 0 Å². The van der Waals surface area contributed by atoms with Gasteiger partial charge in [0.05, 0.1) is 0 Å². The Labute approximate surface area is 87.3 Å². The second-order valence-corrected chi connectivity index (χ2v) is 2.99. The van der Waals surface area contributed by atoms with E-state index in [1.165, 1.54) is 0 Å². The van der Waals surface area contributed by atoms with Crippen LogP contribution < -0.4 is 0 Å². The van der Waals surface area contributed by atoms with E-state index in [1.807, 2.05) is 19.9 Å². The molecule has 2 atom stereocenters. The fourth-order valence-electron chi connectivity index (χ4n) is 1.25. The Balaban J connectivity index is 4.32. The highest BCUT2D eigenvalue weighted by atomic mass is 16.7. The summed E-state index contributed by atoms with van der Waals surface area (Å²) in [6, 6.07) is 0. The van der Waals surface area contributed by atoms with Crippen molar-refractivity contribution in [3.8, 4) is 11.8 Å². The van der Waals surface area contributed by atoms with Crippen LogP contribution in [0.25, 0.3) is 0 Å². The summed E-state index contributed by atoms with van der Waals surface area (Å²) in [6.45, 7) is 6.26. The van der Waals surface area contributed by atoms with E-state index in [9.17, 15) is 0 Å². The van der Waals surface area contributed by atoms with Gasteiger partial charge < -0.3 is 9.47 Å². The first-order valence-electron chi connectivity index (χ1n) is 4.95. The standard InChI is InChI=1S/C12H20O2/c1-5-8-11(7-3)12(9-6-2)14-10-13-4/h5,8,11-12H,7,10H2,1-4H3/b8-5+/t11-,12-/m0/s1. The zero-order chi connectivity index (χ0) is 10.8. The van der Waals surface area contributed by atoms with Gasteiger partial charge in [-0.3, -0.25) is 0 Å². The first-order valence-corrected chi connectivity index (χ1v) is 4.95. The first kappa shape index (κ1) is 13.2. The summed E-state index contributed by atoms with van der Waals surface area (Å²) in [5.74, 6) is 6.28. The van der Waals surface area contributed by atoms with Gasteiger partial charge in [-0.15, -0.1) is 5.92 Å². The highest BCUT2D eigenvalue weighted by molar-refractivity contribution is 5.08. The molecule has 0 aromatic carbocycles. The number of rotatable bonds is 6. The van der Waals surface area contributed by atoms with Gasteiger partial charge in [0.1, 0.15) is 12.9 Å². The summed E-state index contributed by atoms with van der Waals surface area (Å²) < 4.78 is 10.4. The van der Waals surface area contributed by atoms with Crippen LogP contribution in [0.2, 0.25) is 0 Å². The molecular formula is C12H20O2. The lowest BCUT2D eigenvalue weighted by Gasteiger charge is -2.18. The molecule has 2 heteroatoms. The van der Waals surface area contributed by atoms with Gasteiger partial charge in [-0.05, 0) is 20.3 Å². The number of ether oxygens (including phenoxy) is 2. The fourth-order valence-corrected chi connectivity index (χ4v) is 1.25. The molecule has 0 saturated heterocycles. The Hall–Kier alpha value is -0.780. The van der Waals surface area contributed by atoms with Gasteiger partial charge in [-0.1, -0.05) is 25.0 Å². The van der Waals surface area contributed by atoms with Crippen molar-refractivity contribution < 1.29 is 9.47 Å². The van der Waals surface area contributed by atoms with E-state index >= 15 is 0 Å². The van der Waals surface area contributed by atoms with E-state index in [4.69, 9.17) is 9.47 Å². The maximum Gasteiger partial charge on any atom is 0.148 e. The predicted molar refractivity (Wildman–Crippen MR) is 58.8 cm³/mol. The largest absolute Gasteiger partial charge is 0.359 e. The SMILES string of the molecule is CC#C[C@H](OCOC)[C@H](/C=C/C)CC. The second-order valence-electron chi connectivity index (χ2n) is 2.99. The van der Waals surface area contributed by atoms with E-state index in [0.717, 1.165) is 6.42 Å². The van der Waals surface area contributed by atoms with Crippen LogP contribution in [0.5, 0.6) is 0 Å². The Kier molecular flexibility index (Phi) is 8.31. The third-order valence-corrected chi connectivity index (χ3v) is 1.95. The molecule has 0 unspecified atom stereocenters. The molecule has 0 aliphatic carbocycles. The van der Waals surface area contributed by atoms with Crippen LogP contribution in [0, 0.1) is 17.8 Å². The highest BCUT2D eigenvalue weighted by Gasteiger charge is 2.15. The molecule has 0 bridgehead atoms. The second kappa shape index (κ2) is 8.80. The maximum atomic E-state index is 5.49. The van der Waals surface area contributed by atoms with Crippen molar-refractivity contribution in [3.05, 3.63) is 12.2 Å². The molecule has 0 spiro atoms. The van der Waals surface area contributed by atoms with Crippen LogP contribution in [0.4, 0.5) is 0 Å². The average Bonchev–Trinajstić information content (AvgIpc) is 2.21. The van der Waals surface area contributed by atoms with Crippen LogP contribution in [-0.4, -0.2) is 20.0 Å². The van der Waals surface area contributed by atoms with Crippen molar-refractivity contribution in [2.24, 2.45) is 5.92 Å². The van der Waals surface area contributed by atoms with E-state index in [0.29, 0.717) is 12.7 Å². The molecule has 0 amide bonds. The normalized spacial score (nSPS) is 14.9. The Morgan fingerprint density at radius 2 is 2.14 bits per heavy atom. The topological polar surface area (TPSA) is 18.5 Å². The lowest BCUT2D eigenvalue weighted by Crippen LogP contribution is -2.21. The minimum absolute atomic E-state index is 0.0545. The van der Waals surface area contributed by atoms with Gasteiger partial charge in [0.25, 0.3) is 0 Å². The zero-order valence-corrected chi connectivity index (χ0v) is 9.54. The molecule has 0 fully saturated rings. The van der Waals surface area contributed by atoms with Crippen LogP contribution in [-0.2, 0) is 9.47 Å². The zero-order valence-electron chi connectivity index (χ0n) is 9.54. The Morgan fingerprint density at radius 1 is 1.43 bits per heavy atom. The summed E-state index contributed by atoms with van der Waals surface area (Å²) in [6.07, 6.45) is 5.13. The molecule has 0 rings (SSSR count). The summed E-state index contributed by atoms with van der Waals surface area (Å²) in [7, 11) is 1.62. The monoisotopic (exact) mass is 196 g/mol. The number of hydrogen-bond donors (Lipinski definition) is 0. The quantitative estimate of drug-likeness (QED) is 0.369. The summed E-state index contributed by atoms with van der Waals surface area (Å²) >= 11 is 0. The summed E-state index contributed by atoms with van der Waals surface area (Å²) in [4.78, 5) is 0. The van der Waals surface area contributed by atoms with E-state index < -0.39 is 0 Å². The van der Waals surface area contributed by atoms with Gasteiger partial charge in [0.15, 0.2) is 0 Å². The van der Waals surface area contributed by atoms with Crippen LogP contribution >= 0.6 is 0 Å². The van der Waals surface area contributed by atoms with Crippen molar-refractivity contribution in [1.29, 1.82) is 0 Å². The Morgan fingerprint density at radius 3 is 2.57 bits per heavy atom. The fraction of sp³-hybridized carbons (Fsp3) is 0.667. The van der Waals surface area contributed by atoms with Crippen LogP contribution in [0.15, 0.2) is 12.2 Å². The minimum Gasteiger partial charge on any atom is -0.359 e. The molecule has 14 heavy (non-hydrogen) atoms. The maximum absolute atomic E-state index is 5.49. The third kappa shape index (κ3) is 5.06. The van der Waals surface area contributed by atoms with Crippen molar-refractivity contribution in [1.82, 2.24) is 0 Å². The molecular weight excluding hydrogens is 176 g/mol. The molecule has 0 radical (unpaired) electrons. The minimum atomic E-state index is -0.0545. The number of hydrogen-bond acceptors (Lipinski definition) is 2. The third-order valence-electron chi connectivity index (χ3n) is 1.95. The molecule has 80 valence electrons. The first-order chi connectivity index (χ1) is 6.79.